The first-order chi connectivity index (χ1) is 9.01. The maximum atomic E-state index is 12.2. The van der Waals surface area contributed by atoms with E-state index in [9.17, 15) is 9.90 Å². The van der Waals surface area contributed by atoms with Crippen LogP contribution in [0, 0.1) is 5.92 Å². The SMILES string of the molecule is CC1CCN([C@]2(O)C(=O)Nc3ccc(Br)cc32)CC1. The number of carbonyl (C=O) groups excluding carboxylic acids is 1. The zero-order valence-electron chi connectivity index (χ0n) is 10.8. The fourth-order valence-corrected chi connectivity index (χ4v) is 3.25. The Morgan fingerprint density at radius 2 is 2.11 bits per heavy atom. The molecule has 0 saturated carbocycles. The van der Waals surface area contributed by atoms with Crippen molar-refractivity contribution in [1.29, 1.82) is 0 Å². The molecule has 1 fully saturated rings. The lowest BCUT2D eigenvalue weighted by Crippen LogP contribution is -2.53. The van der Waals surface area contributed by atoms with Crippen molar-refractivity contribution in [2.24, 2.45) is 5.92 Å². The minimum absolute atomic E-state index is 0.338. The molecule has 0 unspecified atom stereocenters. The van der Waals surface area contributed by atoms with Crippen molar-refractivity contribution in [3.8, 4) is 0 Å². The van der Waals surface area contributed by atoms with Gasteiger partial charge in [-0.05, 0) is 37.0 Å². The number of hydrogen-bond donors (Lipinski definition) is 2. The van der Waals surface area contributed by atoms with Crippen LogP contribution in [-0.4, -0.2) is 29.0 Å². The van der Waals surface area contributed by atoms with Gasteiger partial charge >= 0.3 is 0 Å². The first-order valence-corrected chi connectivity index (χ1v) is 7.40. The van der Waals surface area contributed by atoms with Gasteiger partial charge in [0, 0.05) is 28.8 Å². The molecule has 1 saturated heterocycles. The molecule has 2 aliphatic heterocycles. The number of aliphatic hydroxyl groups is 1. The molecule has 4 nitrogen and oxygen atoms in total. The highest BCUT2D eigenvalue weighted by molar-refractivity contribution is 9.10. The van der Waals surface area contributed by atoms with Crippen molar-refractivity contribution in [1.82, 2.24) is 4.90 Å². The quantitative estimate of drug-likeness (QED) is 0.833. The molecule has 2 N–H and O–H groups in total. The van der Waals surface area contributed by atoms with E-state index >= 15 is 0 Å². The lowest BCUT2D eigenvalue weighted by molar-refractivity contribution is -0.162. The predicted molar refractivity (Wildman–Crippen MR) is 76.6 cm³/mol. The Kier molecular flexibility index (Phi) is 3.15. The van der Waals surface area contributed by atoms with Gasteiger partial charge in [0.2, 0.25) is 5.72 Å². The van der Waals surface area contributed by atoms with Crippen molar-refractivity contribution in [3.05, 3.63) is 28.2 Å². The Balaban J connectivity index is 1.99. The van der Waals surface area contributed by atoms with Gasteiger partial charge in [-0.25, -0.2) is 0 Å². The Labute approximate surface area is 120 Å². The molecule has 102 valence electrons. The van der Waals surface area contributed by atoms with Crippen LogP contribution in [0.15, 0.2) is 22.7 Å². The fraction of sp³-hybridized carbons (Fsp3) is 0.500. The molecule has 5 heteroatoms. The van der Waals surface area contributed by atoms with Crippen LogP contribution in [0.3, 0.4) is 0 Å². The molecule has 0 spiro atoms. The second kappa shape index (κ2) is 4.58. The van der Waals surface area contributed by atoms with Crippen molar-refractivity contribution < 1.29 is 9.90 Å². The van der Waals surface area contributed by atoms with E-state index in [1.165, 1.54) is 0 Å². The average molecular weight is 325 g/mol. The number of rotatable bonds is 1. The van der Waals surface area contributed by atoms with Crippen LogP contribution >= 0.6 is 15.9 Å². The van der Waals surface area contributed by atoms with E-state index in [2.05, 4.69) is 28.2 Å². The molecular weight excluding hydrogens is 308 g/mol. The maximum Gasteiger partial charge on any atom is 0.276 e. The Hall–Kier alpha value is -0.910. The normalized spacial score (nSPS) is 28.3. The number of carbonyl (C=O) groups is 1. The largest absolute Gasteiger partial charge is 0.364 e. The molecule has 19 heavy (non-hydrogen) atoms. The number of amides is 1. The molecule has 1 aromatic rings. The summed E-state index contributed by atoms with van der Waals surface area (Å²) in [5.74, 6) is 0.321. The third-order valence-electron chi connectivity index (χ3n) is 4.16. The molecule has 3 rings (SSSR count). The van der Waals surface area contributed by atoms with Crippen molar-refractivity contribution in [2.75, 3.05) is 18.4 Å². The average Bonchev–Trinajstić information content (AvgIpc) is 2.64. The maximum absolute atomic E-state index is 12.2. The highest BCUT2D eigenvalue weighted by atomic mass is 79.9. The number of fused-ring (bicyclic) bond motifs is 1. The fourth-order valence-electron chi connectivity index (χ4n) is 2.89. The van der Waals surface area contributed by atoms with Gasteiger partial charge in [0.05, 0.1) is 0 Å². The molecule has 0 radical (unpaired) electrons. The topological polar surface area (TPSA) is 52.6 Å². The second-order valence-electron chi connectivity index (χ2n) is 5.49. The monoisotopic (exact) mass is 324 g/mol. The van der Waals surface area contributed by atoms with Gasteiger partial charge in [-0.1, -0.05) is 22.9 Å². The predicted octanol–water partition coefficient (Wildman–Crippen LogP) is 2.28. The molecule has 1 amide bonds. The van der Waals surface area contributed by atoms with Crippen molar-refractivity contribution in [3.63, 3.8) is 0 Å². The van der Waals surface area contributed by atoms with Crippen LogP contribution in [0.5, 0.6) is 0 Å². The Morgan fingerprint density at radius 3 is 2.79 bits per heavy atom. The Bertz CT molecular complexity index is 526. The van der Waals surface area contributed by atoms with Crippen LogP contribution < -0.4 is 5.32 Å². The molecule has 1 aromatic carbocycles. The van der Waals surface area contributed by atoms with Crippen LogP contribution in [0.25, 0.3) is 0 Å². The summed E-state index contributed by atoms with van der Waals surface area (Å²) >= 11 is 3.40. The molecule has 2 heterocycles. The van der Waals surface area contributed by atoms with E-state index in [0.717, 1.165) is 30.4 Å². The summed E-state index contributed by atoms with van der Waals surface area (Å²) in [5, 5.41) is 13.7. The van der Waals surface area contributed by atoms with Gasteiger partial charge in [0.25, 0.3) is 5.91 Å². The number of nitrogens with one attached hydrogen (secondary N) is 1. The summed E-state index contributed by atoms with van der Waals surface area (Å²) in [5.41, 5.74) is -0.157. The van der Waals surface area contributed by atoms with Gasteiger partial charge in [-0.3, -0.25) is 9.69 Å². The van der Waals surface area contributed by atoms with Gasteiger partial charge in [0.15, 0.2) is 0 Å². The first-order valence-electron chi connectivity index (χ1n) is 6.60. The number of nitrogens with zero attached hydrogens (tertiary/aromatic N) is 1. The molecule has 1 atom stereocenters. The van der Waals surface area contributed by atoms with Crippen LogP contribution in [-0.2, 0) is 10.5 Å². The van der Waals surface area contributed by atoms with Crippen molar-refractivity contribution in [2.45, 2.75) is 25.5 Å². The van der Waals surface area contributed by atoms with Crippen molar-refractivity contribution >= 4 is 27.5 Å². The summed E-state index contributed by atoms with van der Waals surface area (Å²) in [7, 11) is 0. The van der Waals surface area contributed by atoms with E-state index in [4.69, 9.17) is 0 Å². The third-order valence-corrected chi connectivity index (χ3v) is 4.66. The number of piperidine rings is 1. The van der Waals surface area contributed by atoms with E-state index in [0.29, 0.717) is 17.2 Å². The van der Waals surface area contributed by atoms with Gasteiger partial charge < -0.3 is 10.4 Å². The first kappa shape index (κ1) is 13.1. The molecule has 0 aliphatic carbocycles. The van der Waals surface area contributed by atoms with Crippen LogP contribution in [0.4, 0.5) is 5.69 Å². The summed E-state index contributed by atoms with van der Waals surface area (Å²) in [6.07, 6.45) is 2.03. The van der Waals surface area contributed by atoms with E-state index < -0.39 is 5.72 Å². The summed E-state index contributed by atoms with van der Waals surface area (Å²) in [6, 6.07) is 5.51. The summed E-state index contributed by atoms with van der Waals surface area (Å²) in [6.45, 7) is 3.70. The number of hydrogen-bond acceptors (Lipinski definition) is 3. The number of halogens is 1. The van der Waals surface area contributed by atoms with E-state index in [1.807, 2.05) is 23.1 Å². The van der Waals surface area contributed by atoms with Gasteiger partial charge in [0.1, 0.15) is 0 Å². The smallest absolute Gasteiger partial charge is 0.276 e. The number of likely N-dealkylation sites (tertiary alicyclic amines) is 1. The number of anilines is 1. The van der Waals surface area contributed by atoms with Crippen LogP contribution in [0.2, 0.25) is 0 Å². The highest BCUT2D eigenvalue weighted by Crippen LogP contribution is 2.41. The lowest BCUT2D eigenvalue weighted by atomic mass is 9.94. The summed E-state index contributed by atoms with van der Waals surface area (Å²) in [4.78, 5) is 14.1. The third kappa shape index (κ3) is 2.00. The standard InChI is InChI=1S/C14H17BrN2O2/c1-9-4-6-17(7-5-9)14(19)11-8-10(15)2-3-12(11)16-13(14)18/h2-3,8-9,19H,4-7H2,1H3,(H,16,18)/t14-/m1/s1. The van der Waals surface area contributed by atoms with Crippen LogP contribution in [0.1, 0.15) is 25.3 Å². The highest BCUT2D eigenvalue weighted by Gasteiger charge is 2.50. The van der Waals surface area contributed by atoms with E-state index in [1.54, 1.807) is 0 Å². The van der Waals surface area contributed by atoms with Gasteiger partial charge in [-0.15, -0.1) is 0 Å². The number of benzene rings is 1. The molecular formula is C14H17BrN2O2. The minimum atomic E-state index is -1.51. The molecule has 0 bridgehead atoms. The zero-order chi connectivity index (χ0) is 13.6. The minimum Gasteiger partial charge on any atom is -0.364 e. The zero-order valence-corrected chi connectivity index (χ0v) is 12.4. The Morgan fingerprint density at radius 1 is 1.42 bits per heavy atom. The lowest BCUT2D eigenvalue weighted by Gasteiger charge is -2.39. The molecule has 2 aliphatic rings. The van der Waals surface area contributed by atoms with Gasteiger partial charge in [-0.2, -0.15) is 0 Å². The second-order valence-corrected chi connectivity index (χ2v) is 6.40. The van der Waals surface area contributed by atoms with E-state index in [-0.39, 0.29) is 5.91 Å². The summed E-state index contributed by atoms with van der Waals surface area (Å²) < 4.78 is 0.867. The molecule has 0 aromatic heterocycles.